The first-order valence-electron chi connectivity index (χ1n) is 5.95. The summed E-state index contributed by atoms with van der Waals surface area (Å²) in [6, 6.07) is 8.27. The zero-order chi connectivity index (χ0) is 11.8. The second kappa shape index (κ2) is 4.29. The Morgan fingerprint density at radius 2 is 2.12 bits per heavy atom. The first-order chi connectivity index (χ1) is 7.53. The Balaban J connectivity index is 2.39. The summed E-state index contributed by atoms with van der Waals surface area (Å²) in [7, 11) is 0. The quantitative estimate of drug-likeness (QED) is 0.696. The Kier molecular flexibility index (Phi) is 3.16. The van der Waals surface area contributed by atoms with Crippen molar-refractivity contribution in [2.45, 2.75) is 50.5 Å². The first kappa shape index (κ1) is 11.8. The van der Waals surface area contributed by atoms with E-state index in [-0.39, 0.29) is 11.0 Å². The van der Waals surface area contributed by atoms with E-state index in [4.69, 9.17) is 16.3 Å². The van der Waals surface area contributed by atoms with Crippen LogP contribution in [0.2, 0.25) is 0 Å². The van der Waals surface area contributed by atoms with Crippen LogP contribution in [0, 0.1) is 0 Å². The van der Waals surface area contributed by atoms with Gasteiger partial charge in [0.2, 0.25) is 0 Å². The third kappa shape index (κ3) is 2.20. The average molecular weight is 239 g/mol. The van der Waals surface area contributed by atoms with E-state index >= 15 is 0 Å². The van der Waals surface area contributed by atoms with E-state index in [9.17, 15) is 0 Å². The highest BCUT2D eigenvalue weighted by Crippen LogP contribution is 2.44. The van der Waals surface area contributed by atoms with Crippen molar-refractivity contribution >= 4 is 11.6 Å². The van der Waals surface area contributed by atoms with Crippen LogP contribution in [0.4, 0.5) is 0 Å². The molecule has 88 valence electrons. The van der Waals surface area contributed by atoms with Gasteiger partial charge in [-0.1, -0.05) is 25.1 Å². The van der Waals surface area contributed by atoms with E-state index in [0.717, 1.165) is 18.6 Å². The Hall–Kier alpha value is -0.690. The van der Waals surface area contributed by atoms with Crippen LogP contribution >= 0.6 is 11.6 Å². The van der Waals surface area contributed by atoms with Crippen molar-refractivity contribution in [2.24, 2.45) is 0 Å². The van der Waals surface area contributed by atoms with E-state index in [2.05, 4.69) is 32.9 Å². The summed E-state index contributed by atoms with van der Waals surface area (Å²) in [5, 5.41) is 0.198. The summed E-state index contributed by atoms with van der Waals surface area (Å²) in [5.74, 6) is 1.41. The minimum atomic E-state index is -0.110. The Morgan fingerprint density at radius 1 is 1.44 bits per heavy atom. The molecule has 1 heterocycles. The van der Waals surface area contributed by atoms with E-state index < -0.39 is 0 Å². The number of hydrogen-bond acceptors (Lipinski definition) is 1. The molecule has 2 rings (SSSR count). The lowest BCUT2D eigenvalue weighted by Crippen LogP contribution is -2.37. The van der Waals surface area contributed by atoms with Gasteiger partial charge in [-0.15, -0.1) is 11.6 Å². The van der Waals surface area contributed by atoms with Crippen LogP contribution in [0.25, 0.3) is 0 Å². The molecule has 1 nitrogen and oxygen atoms in total. The van der Waals surface area contributed by atoms with Crippen LogP contribution in [0.1, 0.15) is 45.1 Å². The van der Waals surface area contributed by atoms with Crippen molar-refractivity contribution in [1.29, 1.82) is 0 Å². The van der Waals surface area contributed by atoms with E-state index in [1.54, 1.807) is 0 Å². The molecule has 2 atom stereocenters. The number of benzene rings is 1. The summed E-state index contributed by atoms with van der Waals surface area (Å²) in [4.78, 5) is 0. The molecule has 0 N–H and O–H groups in total. The zero-order valence-electron chi connectivity index (χ0n) is 10.2. The van der Waals surface area contributed by atoms with Crippen LogP contribution in [0.5, 0.6) is 5.75 Å². The molecular formula is C14H19ClO. The highest BCUT2D eigenvalue weighted by molar-refractivity contribution is 6.21. The monoisotopic (exact) mass is 238 g/mol. The molecule has 0 saturated carbocycles. The number of rotatable bonds is 2. The molecule has 1 aromatic rings. The smallest absolute Gasteiger partial charge is 0.123 e. The summed E-state index contributed by atoms with van der Waals surface area (Å²) in [5.41, 5.74) is 1.16. The predicted molar refractivity (Wildman–Crippen MR) is 68.4 cm³/mol. The molecule has 0 aromatic heterocycles. The van der Waals surface area contributed by atoms with Crippen molar-refractivity contribution in [2.75, 3.05) is 0 Å². The van der Waals surface area contributed by atoms with E-state index in [1.165, 1.54) is 5.56 Å². The fourth-order valence-corrected chi connectivity index (χ4v) is 2.69. The second-order valence-electron chi connectivity index (χ2n) is 5.13. The molecular weight excluding hydrogens is 220 g/mol. The van der Waals surface area contributed by atoms with Crippen LogP contribution in [0.3, 0.4) is 0 Å². The summed E-state index contributed by atoms with van der Waals surface area (Å²) < 4.78 is 5.99. The van der Waals surface area contributed by atoms with Gasteiger partial charge >= 0.3 is 0 Å². The highest BCUT2D eigenvalue weighted by atomic mass is 35.5. The maximum atomic E-state index is 6.44. The van der Waals surface area contributed by atoms with Crippen molar-refractivity contribution in [3.63, 3.8) is 0 Å². The van der Waals surface area contributed by atoms with Gasteiger partial charge in [-0.05, 0) is 38.3 Å². The largest absolute Gasteiger partial charge is 0.488 e. The second-order valence-corrected chi connectivity index (χ2v) is 5.70. The van der Waals surface area contributed by atoms with Crippen LogP contribution in [-0.2, 0) is 0 Å². The van der Waals surface area contributed by atoms with Crippen LogP contribution in [0.15, 0.2) is 24.3 Å². The molecule has 0 bridgehead atoms. The number of para-hydroxylation sites is 1. The lowest BCUT2D eigenvalue weighted by atomic mass is 9.81. The standard InChI is InChI=1S/C14H19ClO/c1-4-12(15)11-9-14(2,3)16-13-8-6-5-7-10(11)13/h5-8,11-12H,4,9H2,1-3H3. The number of hydrogen-bond donors (Lipinski definition) is 0. The average Bonchev–Trinajstić information content (AvgIpc) is 2.25. The molecule has 1 aliphatic heterocycles. The summed E-state index contributed by atoms with van der Waals surface area (Å²) in [6.45, 7) is 6.41. The van der Waals surface area contributed by atoms with E-state index in [0.29, 0.717) is 5.92 Å². The van der Waals surface area contributed by atoms with E-state index in [1.807, 2.05) is 12.1 Å². The summed E-state index contributed by atoms with van der Waals surface area (Å²) in [6.07, 6.45) is 1.99. The van der Waals surface area contributed by atoms with Crippen LogP contribution in [-0.4, -0.2) is 11.0 Å². The fourth-order valence-electron chi connectivity index (χ4n) is 2.47. The lowest BCUT2D eigenvalue weighted by molar-refractivity contribution is 0.0709. The molecule has 1 aliphatic rings. The van der Waals surface area contributed by atoms with Gasteiger partial charge in [-0.3, -0.25) is 0 Å². The minimum absolute atomic E-state index is 0.110. The highest BCUT2D eigenvalue weighted by Gasteiger charge is 2.36. The number of ether oxygens (including phenoxy) is 1. The SMILES string of the molecule is CCC(Cl)C1CC(C)(C)Oc2ccccc21. The van der Waals surface area contributed by atoms with Gasteiger partial charge in [0.15, 0.2) is 0 Å². The van der Waals surface area contributed by atoms with Crippen LogP contribution < -0.4 is 4.74 Å². The first-order valence-corrected chi connectivity index (χ1v) is 6.39. The molecule has 0 spiro atoms. The predicted octanol–water partition coefficient (Wildman–Crippen LogP) is 4.35. The Bertz CT molecular complexity index is 373. The van der Waals surface area contributed by atoms with Gasteiger partial charge in [0.05, 0.1) is 0 Å². The maximum absolute atomic E-state index is 6.44. The number of halogens is 1. The molecule has 0 aliphatic carbocycles. The molecule has 16 heavy (non-hydrogen) atoms. The van der Waals surface area contributed by atoms with Gasteiger partial charge in [-0.2, -0.15) is 0 Å². The Morgan fingerprint density at radius 3 is 2.81 bits per heavy atom. The fraction of sp³-hybridized carbons (Fsp3) is 0.571. The molecule has 0 radical (unpaired) electrons. The molecule has 0 fully saturated rings. The Labute approximate surface area is 103 Å². The summed E-state index contributed by atoms with van der Waals surface area (Å²) >= 11 is 6.44. The number of fused-ring (bicyclic) bond motifs is 1. The molecule has 2 heteroatoms. The lowest BCUT2D eigenvalue weighted by Gasteiger charge is -2.39. The minimum Gasteiger partial charge on any atom is -0.488 e. The van der Waals surface area contributed by atoms with Gasteiger partial charge in [0.1, 0.15) is 11.4 Å². The normalized spacial score (nSPS) is 24.4. The van der Waals surface area contributed by atoms with Crippen molar-refractivity contribution in [3.8, 4) is 5.75 Å². The van der Waals surface area contributed by atoms with Gasteiger partial charge < -0.3 is 4.74 Å². The van der Waals surface area contributed by atoms with Crippen molar-refractivity contribution in [3.05, 3.63) is 29.8 Å². The van der Waals surface area contributed by atoms with Gasteiger partial charge in [-0.25, -0.2) is 0 Å². The zero-order valence-corrected chi connectivity index (χ0v) is 10.9. The van der Waals surface area contributed by atoms with Crippen molar-refractivity contribution in [1.82, 2.24) is 0 Å². The third-order valence-electron chi connectivity index (χ3n) is 3.24. The third-order valence-corrected chi connectivity index (χ3v) is 3.86. The van der Waals surface area contributed by atoms with Crippen molar-refractivity contribution < 1.29 is 4.74 Å². The topological polar surface area (TPSA) is 9.23 Å². The number of alkyl halides is 1. The molecule has 0 amide bonds. The van der Waals surface area contributed by atoms with Gasteiger partial charge in [0, 0.05) is 11.3 Å². The molecule has 2 unspecified atom stereocenters. The molecule has 1 aromatic carbocycles. The maximum Gasteiger partial charge on any atom is 0.123 e. The molecule has 0 saturated heterocycles. The van der Waals surface area contributed by atoms with Gasteiger partial charge in [0.25, 0.3) is 0 Å².